The minimum atomic E-state index is -1.11. The Hall–Kier alpha value is -4.51. The van der Waals surface area contributed by atoms with Crippen LogP contribution in [0.4, 0.5) is 20.2 Å². The average Bonchev–Trinajstić information content (AvgIpc) is 3.46. The number of methoxy groups -OCH3 is 2. The number of carbonyl (C=O) groups excluding carboxylic acids is 2. The standard InChI is InChI=1S/C28H24ClF2N5O4/c1-13(2)24-22(23-16-7-5-14(29)9-20(16)34-26(23)38)17(25(37)33-15-6-8-18(30)19(31)10-15)12-36(24)21-11-32-28(40-4)35-27(21)39-3/h5-13,23H,1-4H3,(H,33,37)(H,34,38). The summed E-state index contributed by atoms with van der Waals surface area (Å²) in [6.45, 7) is 3.83. The number of amides is 2. The van der Waals surface area contributed by atoms with Crippen LogP contribution in [0.5, 0.6) is 11.9 Å². The van der Waals surface area contributed by atoms with E-state index in [1.807, 2.05) is 13.8 Å². The van der Waals surface area contributed by atoms with Crippen molar-refractivity contribution in [3.63, 3.8) is 0 Å². The summed E-state index contributed by atoms with van der Waals surface area (Å²) >= 11 is 6.17. The average molecular weight is 568 g/mol. The third kappa shape index (κ3) is 4.73. The van der Waals surface area contributed by atoms with Gasteiger partial charge < -0.3 is 24.7 Å². The first kappa shape index (κ1) is 27.1. The summed E-state index contributed by atoms with van der Waals surface area (Å²) in [5.41, 5.74) is 2.78. The van der Waals surface area contributed by atoms with Gasteiger partial charge in [0.25, 0.3) is 5.91 Å². The first-order chi connectivity index (χ1) is 19.1. The Labute approximate surface area is 233 Å². The zero-order valence-corrected chi connectivity index (χ0v) is 22.6. The predicted molar refractivity (Wildman–Crippen MR) is 145 cm³/mol. The van der Waals surface area contributed by atoms with Crippen molar-refractivity contribution in [3.8, 4) is 17.6 Å². The van der Waals surface area contributed by atoms with Gasteiger partial charge in [0.1, 0.15) is 5.69 Å². The molecule has 1 unspecified atom stereocenters. The molecular weight excluding hydrogens is 544 g/mol. The van der Waals surface area contributed by atoms with Crippen LogP contribution in [0.15, 0.2) is 48.8 Å². The molecule has 206 valence electrons. The van der Waals surface area contributed by atoms with Crippen molar-refractivity contribution in [3.05, 3.63) is 87.8 Å². The summed E-state index contributed by atoms with van der Waals surface area (Å²) in [6.07, 6.45) is 3.04. The number of ether oxygens (including phenoxy) is 2. The summed E-state index contributed by atoms with van der Waals surface area (Å²) in [4.78, 5) is 35.7. The summed E-state index contributed by atoms with van der Waals surface area (Å²) in [7, 11) is 2.86. The fraction of sp³-hybridized carbons (Fsp3) is 0.214. The number of aromatic nitrogens is 3. The fourth-order valence-corrected chi connectivity index (χ4v) is 5.03. The molecule has 9 nitrogen and oxygen atoms in total. The van der Waals surface area contributed by atoms with Crippen molar-refractivity contribution in [1.82, 2.24) is 14.5 Å². The molecule has 1 atom stereocenters. The van der Waals surface area contributed by atoms with Gasteiger partial charge in [0.05, 0.1) is 31.9 Å². The van der Waals surface area contributed by atoms with E-state index in [4.69, 9.17) is 21.1 Å². The molecular formula is C28H24ClF2N5O4. The van der Waals surface area contributed by atoms with E-state index in [-0.39, 0.29) is 35.0 Å². The zero-order chi connectivity index (χ0) is 28.7. The molecule has 5 rings (SSSR count). The number of nitrogens with zero attached hydrogens (tertiary/aromatic N) is 3. The molecule has 0 bridgehead atoms. The van der Waals surface area contributed by atoms with Crippen LogP contribution in [0.2, 0.25) is 5.02 Å². The maximum Gasteiger partial charge on any atom is 0.319 e. The van der Waals surface area contributed by atoms with Gasteiger partial charge in [0, 0.05) is 39.9 Å². The van der Waals surface area contributed by atoms with Crippen molar-refractivity contribution in [2.24, 2.45) is 0 Å². The smallest absolute Gasteiger partial charge is 0.319 e. The summed E-state index contributed by atoms with van der Waals surface area (Å²) in [5.74, 6) is -4.05. The molecule has 0 saturated heterocycles. The molecule has 0 aliphatic carbocycles. The Morgan fingerprint density at radius 2 is 1.90 bits per heavy atom. The van der Waals surface area contributed by atoms with Crippen LogP contribution in [-0.4, -0.2) is 40.6 Å². The largest absolute Gasteiger partial charge is 0.479 e. The third-order valence-corrected chi connectivity index (χ3v) is 6.77. The van der Waals surface area contributed by atoms with Crippen molar-refractivity contribution in [2.45, 2.75) is 25.7 Å². The molecule has 40 heavy (non-hydrogen) atoms. The van der Waals surface area contributed by atoms with Crippen molar-refractivity contribution >= 4 is 34.8 Å². The van der Waals surface area contributed by atoms with Crippen LogP contribution in [0, 0.1) is 11.6 Å². The molecule has 0 spiro atoms. The minimum Gasteiger partial charge on any atom is -0.479 e. The Balaban J connectivity index is 1.75. The highest BCUT2D eigenvalue weighted by atomic mass is 35.5. The third-order valence-electron chi connectivity index (χ3n) is 6.54. The molecule has 1 aliphatic heterocycles. The highest BCUT2D eigenvalue weighted by molar-refractivity contribution is 6.31. The lowest BCUT2D eigenvalue weighted by atomic mass is 9.87. The lowest BCUT2D eigenvalue weighted by Gasteiger charge is -2.19. The summed E-state index contributed by atoms with van der Waals surface area (Å²) < 4.78 is 39.8. The number of fused-ring (bicyclic) bond motifs is 1. The monoisotopic (exact) mass is 567 g/mol. The lowest BCUT2D eigenvalue weighted by Crippen LogP contribution is -2.20. The molecule has 3 heterocycles. The molecule has 0 radical (unpaired) electrons. The van der Waals surface area contributed by atoms with E-state index in [1.54, 1.807) is 29.0 Å². The predicted octanol–water partition coefficient (Wildman–Crippen LogP) is 5.68. The van der Waals surface area contributed by atoms with Crippen LogP contribution in [-0.2, 0) is 4.79 Å². The maximum absolute atomic E-state index is 13.9. The van der Waals surface area contributed by atoms with E-state index < -0.39 is 23.5 Å². The SMILES string of the molecule is COc1ncc(-n2cc(C(=O)Nc3ccc(F)c(F)c3)c(C3C(=O)Nc4cc(Cl)ccc43)c2C(C)C)c(OC)n1. The van der Waals surface area contributed by atoms with Crippen LogP contribution in [0.3, 0.4) is 0 Å². The quantitative estimate of drug-likeness (QED) is 0.298. The molecule has 0 saturated carbocycles. The Kier molecular flexibility index (Phi) is 7.16. The van der Waals surface area contributed by atoms with E-state index in [0.717, 1.165) is 12.1 Å². The summed E-state index contributed by atoms with van der Waals surface area (Å²) in [5, 5.41) is 5.91. The molecule has 1 aliphatic rings. The number of hydrogen-bond donors (Lipinski definition) is 2. The number of nitrogens with one attached hydrogen (secondary N) is 2. The van der Waals surface area contributed by atoms with Gasteiger partial charge >= 0.3 is 6.01 Å². The van der Waals surface area contributed by atoms with Gasteiger partial charge in [-0.1, -0.05) is 31.5 Å². The molecule has 0 fully saturated rings. The van der Waals surface area contributed by atoms with Gasteiger partial charge in [-0.15, -0.1) is 0 Å². The fourth-order valence-electron chi connectivity index (χ4n) is 4.86. The number of carbonyl (C=O) groups is 2. The molecule has 12 heteroatoms. The van der Waals surface area contributed by atoms with Crippen molar-refractivity contribution in [2.75, 3.05) is 24.9 Å². The highest BCUT2D eigenvalue weighted by Gasteiger charge is 2.39. The van der Waals surface area contributed by atoms with Crippen molar-refractivity contribution < 1.29 is 27.8 Å². The number of benzene rings is 2. The minimum absolute atomic E-state index is 0.0436. The topological polar surface area (TPSA) is 107 Å². The number of rotatable bonds is 7. The molecule has 4 aromatic rings. The second-order valence-electron chi connectivity index (χ2n) is 9.35. The van der Waals surface area contributed by atoms with E-state index in [2.05, 4.69) is 20.6 Å². The van der Waals surface area contributed by atoms with Crippen LogP contribution < -0.4 is 20.1 Å². The van der Waals surface area contributed by atoms with Crippen LogP contribution >= 0.6 is 11.6 Å². The van der Waals surface area contributed by atoms with Gasteiger partial charge in [-0.05, 0) is 35.7 Å². The second-order valence-corrected chi connectivity index (χ2v) is 9.79. The van der Waals surface area contributed by atoms with Crippen molar-refractivity contribution in [1.29, 1.82) is 0 Å². The number of anilines is 2. The lowest BCUT2D eigenvalue weighted by molar-refractivity contribution is -0.116. The van der Waals surface area contributed by atoms with Crippen LogP contribution in [0.25, 0.3) is 5.69 Å². The molecule has 2 aromatic carbocycles. The van der Waals surface area contributed by atoms with E-state index in [0.29, 0.717) is 33.2 Å². The highest BCUT2D eigenvalue weighted by Crippen LogP contribution is 2.44. The Morgan fingerprint density at radius 1 is 1.12 bits per heavy atom. The normalized spacial score (nSPS) is 14.2. The molecule has 2 N–H and O–H groups in total. The molecule has 2 aromatic heterocycles. The van der Waals surface area contributed by atoms with Gasteiger partial charge in [0.15, 0.2) is 11.6 Å². The molecule has 2 amide bonds. The van der Waals surface area contributed by atoms with E-state index in [1.165, 1.54) is 26.5 Å². The maximum atomic E-state index is 13.9. The van der Waals surface area contributed by atoms with E-state index in [9.17, 15) is 18.4 Å². The zero-order valence-electron chi connectivity index (χ0n) is 21.9. The van der Waals surface area contributed by atoms with Crippen LogP contribution in [0.1, 0.15) is 52.9 Å². The number of hydrogen-bond acceptors (Lipinski definition) is 6. The first-order valence-electron chi connectivity index (χ1n) is 12.2. The van der Waals surface area contributed by atoms with Gasteiger partial charge in [-0.2, -0.15) is 4.98 Å². The Bertz CT molecular complexity index is 1660. The number of halogens is 3. The summed E-state index contributed by atoms with van der Waals surface area (Å²) in [6, 6.07) is 8.17. The van der Waals surface area contributed by atoms with Gasteiger partial charge in [-0.3, -0.25) is 9.59 Å². The first-order valence-corrected chi connectivity index (χ1v) is 12.6. The van der Waals surface area contributed by atoms with E-state index >= 15 is 0 Å². The Morgan fingerprint density at radius 3 is 2.58 bits per heavy atom. The van der Waals surface area contributed by atoms with Gasteiger partial charge in [0.2, 0.25) is 11.8 Å². The second kappa shape index (κ2) is 10.6. The van der Waals surface area contributed by atoms with Gasteiger partial charge in [-0.25, -0.2) is 13.8 Å².